The molecule has 1 saturated heterocycles. The summed E-state index contributed by atoms with van der Waals surface area (Å²) in [7, 11) is 8.58. The average molecular weight is 746 g/mol. The smallest absolute Gasteiger partial charge is 0.245 e. The van der Waals surface area contributed by atoms with E-state index in [0.29, 0.717) is 13.0 Å². The first-order chi connectivity index (χ1) is 24.8. The molecular formula is C41H71N5O7. The number of nitrogens with one attached hydrogen (secondary N) is 2. The minimum Gasteiger partial charge on any atom is -0.386 e. The Balaban J connectivity index is 2.26. The van der Waals surface area contributed by atoms with Gasteiger partial charge in [-0.15, -0.1) is 0 Å². The Labute approximate surface area is 319 Å². The highest BCUT2D eigenvalue weighted by atomic mass is 16.5. The van der Waals surface area contributed by atoms with Gasteiger partial charge in [0.1, 0.15) is 6.04 Å². The van der Waals surface area contributed by atoms with Crippen LogP contribution in [0.5, 0.6) is 0 Å². The van der Waals surface area contributed by atoms with E-state index in [-0.39, 0.29) is 53.8 Å². The van der Waals surface area contributed by atoms with E-state index in [9.17, 15) is 24.3 Å². The number of hydrogen-bond donors (Lipinski definition) is 3. The molecule has 3 N–H and O–H groups in total. The number of rotatable bonds is 20. The number of ether oxygens (including phenoxy) is 2. The predicted molar refractivity (Wildman–Crippen MR) is 209 cm³/mol. The average Bonchev–Trinajstić information content (AvgIpc) is 3.58. The summed E-state index contributed by atoms with van der Waals surface area (Å²) in [4.78, 5) is 60.7. The van der Waals surface area contributed by atoms with Gasteiger partial charge in [-0.3, -0.25) is 24.1 Å². The topological polar surface area (TPSA) is 141 Å². The second-order valence-electron chi connectivity index (χ2n) is 16.1. The van der Waals surface area contributed by atoms with Crippen molar-refractivity contribution in [2.75, 3.05) is 41.9 Å². The first-order valence-corrected chi connectivity index (χ1v) is 19.5. The van der Waals surface area contributed by atoms with Gasteiger partial charge in [0.05, 0.1) is 54.8 Å². The van der Waals surface area contributed by atoms with E-state index >= 15 is 0 Å². The lowest BCUT2D eigenvalue weighted by Crippen LogP contribution is -2.59. The van der Waals surface area contributed by atoms with Crippen LogP contribution in [0, 0.1) is 30.6 Å². The number of nitrogens with zero attached hydrogens (tertiary/aromatic N) is 3. The van der Waals surface area contributed by atoms with Crippen molar-refractivity contribution >= 4 is 23.6 Å². The molecule has 1 unspecified atom stereocenters. The molecule has 0 spiro atoms. The van der Waals surface area contributed by atoms with Crippen LogP contribution in [0.25, 0.3) is 0 Å². The molecule has 1 heterocycles. The van der Waals surface area contributed by atoms with Gasteiger partial charge in [0, 0.05) is 27.8 Å². The van der Waals surface area contributed by atoms with Crippen molar-refractivity contribution in [3.8, 4) is 0 Å². The second kappa shape index (κ2) is 21.1. The summed E-state index contributed by atoms with van der Waals surface area (Å²) in [6, 6.07) is 5.10. The lowest BCUT2D eigenvalue weighted by molar-refractivity contribution is -0.148. The number of aliphatic hydroxyl groups excluding tert-OH is 1. The molecule has 0 bridgehead atoms. The molecule has 12 heteroatoms. The summed E-state index contributed by atoms with van der Waals surface area (Å²) in [5.74, 6) is -1.57. The monoisotopic (exact) mass is 746 g/mol. The number of carbonyl (C=O) groups is 4. The number of amides is 4. The van der Waals surface area contributed by atoms with Gasteiger partial charge in [0.2, 0.25) is 23.6 Å². The number of aliphatic hydroxyl groups is 1. The van der Waals surface area contributed by atoms with E-state index in [2.05, 4.69) is 10.6 Å². The minimum absolute atomic E-state index is 0.0163. The normalized spacial score (nSPS) is 20.0. The lowest BCUT2D eigenvalue weighted by atomic mass is 9.89. The van der Waals surface area contributed by atoms with Crippen molar-refractivity contribution < 1.29 is 33.8 Å². The molecule has 4 amide bonds. The van der Waals surface area contributed by atoms with Crippen LogP contribution in [0.15, 0.2) is 24.3 Å². The standard InChI is InChI=1S/C41H71N5O7/c1-15-27(7)36(45(12)41(51)34(24(2)3)43-40(50)35(25(4)5)44(10)11)32(52-13)23-33(47)46-21-17-20-31(46)38(53-14)28(8)39(49)42-29(9)37(48)30-19-16-18-26(6)22-30/h16,18-19,22,24-25,27-29,31-32,34-38,48H,15,17,20-21,23H2,1-14H3,(H,42,49)(H,43,50)/t27-,28+,29+,31-,32+,34-,35?,36-,37+,38+/m0/s1. The van der Waals surface area contributed by atoms with Gasteiger partial charge in [-0.2, -0.15) is 0 Å². The van der Waals surface area contributed by atoms with Crippen LogP contribution in [0.1, 0.15) is 98.3 Å². The van der Waals surface area contributed by atoms with Crippen molar-refractivity contribution in [3.05, 3.63) is 35.4 Å². The number of methoxy groups -OCH3 is 2. The molecule has 12 nitrogen and oxygen atoms in total. The molecule has 0 saturated carbocycles. The van der Waals surface area contributed by atoms with Gasteiger partial charge in [-0.25, -0.2) is 0 Å². The van der Waals surface area contributed by atoms with E-state index in [1.54, 1.807) is 44.9 Å². The van der Waals surface area contributed by atoms with Gasteiger partial charge >= 0.3 is 0 Å². The van der Waals surface area contributed by atoms with Gasteiger partial charge in [-0.05, 0) is 64.1 Å². The zero-order valence-corrected chi connectivity index (χ0v) is 35.0. The lowest BCUT2D eigenvalue weighted by Gasteiger charge is -2.41. The van der Waals surface area contributed by atoms with E-state index in [1.807, 2.05) is 91.7 Å². The van der Waals surface area contributed by atoms with E-state index in [1.165, 1.54) is 0 Å². The van der Waals surface area contributed by atoms with E-state index in [4.69, 9.17) is 9.47 Å². The molecule has 1 fully saturated rings. The fraction of sp³-hybridized carbons (Fsp3) is 0.756. The summed E-state index contributed by atoms with van der Waals surface area (Å²) in [5.41, 5.74) is 1.75. The van der Waals surface area contributed by atoms with Crippen LogP contribution in [-0.2, 0) is 28.7 Å². The molecule has 0 aromatic heterocycles. The SMILES string of the molecule is CC[C@H](C)[C@@H]([C@@H](CC(=O)N1CCC[C@H]1[C@H](OC)[C@@H](C)C(=O)N[C@H](C)[C@@H](O)c1cccc(C)c1)OC)N(C)C(=O)[C@@H](NC(=O)C(C(C)C)N(C)C)C(C)C. The number of benzene rings is 1. The molecule has 1 aliphatic heterocycles. The molecule has 1 aliphatic rings. The molecule has 10 atom stereocenters. The number of carbonyl (C=O) groups excluding carboxylic acids is 4. The summed E-state index contributed by atoms with van der Waals surface area (Å²) in [6.07, 6.45) is 0.136. The largest absolute Gasteiger partial charge is 0.386 e. The zero-order valence-electron chi connectivity index (χ0n) is 35.0. The van der Waals surface area contributed by atoms with Crippen LogP contribution >= 0.6 is 0 Å². The number of likely N-dealkylation sites (N-methyl/N-ethyl adjacent to an activating group) is 2. The van der Waals surface area contributed by atoms with Crippen LogP contribution < -0.4 is 10.6 Å². The van der Waals surface area contributed by atoms with Gasteiger partial charge < -0.3 is 35.0 Å². The maximum Gasteiger partial charge on any atom is 0.245 e. The first-order valence-electron chi connectivity index (χ1n) is 19.5. The van der Waals surface area contributed by atoms with Crippen molar-refractivity contribution in [2.24, 2.45) is 23.7 Å². The van der Waals surface area contributed by atoms with Crippen LogP contribution in [0.2, 0.25) is 0 Å². The van der Waals surface area contributed by atoms with Gasteiger partial charge in [-0.1, -0.05) is 84.7 Å². The Morgan fingerprint density at radius 1 is 0.943 bits per heavy atom. The van der Waals surface area contributed by atoms with Gasteiger partial charge in [0.25, 0.3) is 0 Å². The summed E-state index contributed by atoms with van der Waals surface area (Å²) < 4.78 is 12.0. The Morgan fingerprint density at radius 3 is 2.09 bits per heavy atom. The Bertz CT molecular complexity index is 1330. The van der Waals surface area contributed by atoms with Crippen LogP contribution in [0.4, 0.5) is 0 Å². The number of aryl methyl sites for hydroxylation is 1. The molecule has 0 aliphatic carbocycles. The fourth-order valence-electron chi connectivity index (χ4n) is 7.99. The molecule has 2 rings (SSSR count). The molecule has 1 aromatic rings. The third-order valence-corrected chi connectivity index (χ3v) is 11.2. The maximum atomic E-state index is 14.2. The zero-order chi connectivity index (χ0) is 40.3. The van der Waals surface area contributed by atoms with Crippen LogP contribution in [0.3, 0.4) is 0 Å². The number of likely N-dealkylation sites (tertiary alicyclic amines) is 1. The summed E-state index contributed by atoms with van der Waals surface area (Å²) in [6.45, 7) is 17.9. The van der Waals surface area contributed by atoms with Crippen molar-refractivity contribution in [1.82, 2.24) is 25.3 Å². The predicted octanol–water partition coefficient (Wildman–Crippen LogP) is 4.18. The fourth-order valence-corrected chi connectivity index (χ4v) is 7.99. The molecule has 302 valence electrons. The second-order valence-corrected chi connectivity index (χ2v) is 16.1. The maximum absolute atomic E-state index is 14.2. The highest BCUT2D eigenvalue weighted by Gasteiger charge is 2.43. The summed E-state index contributed by atoms with van der Waals surface area (Å²) in [5, 5.41) is 17.0. The Hall–Kier alpha value is -3.06. The molecule has 53 heavy (non-hydrogen) atoms. The molecular weight excluding hydrogens is 674 g/mol. The van der Waals surface area contributed by atoms with Crippen molar-refractivity contribution in [3.63, 3.8) is 0 Å². The Kier molecular flexibility index (Phi) is 18.4. The van der Waals surface area contributed by atoms with Gasteiger partial charge in [0.15, 0.2) is 0 Å². The minimum atomic E-state index is -0.881. The third kappa shape index (κ3) is 12.0. The number of hydrogen-bond acceptors (Lipinski definition) is 8. The quantitative estimate of drug-likeness (QED) is 0.181. The van der Waals surface area contributed by atoms with E-state index in [0.717, 1.165) is 24.0 Å². The Morgan fingerprint density at radius 2 is 1.58 bits per heavy atom. The summed E-state index contributed by atoms with van der Waals surface area (Å²) >= 11 is 0. The van der Waals surface area contributed by atoms with E-state index < -0.39 is 48.4 Å². The highest BCUT2D eigenvalue weighted by molar-refractivity contribution is 5.90. The highest BCUT2D eigenvalue weighted by Crippen LogP contribution is 2.30. The van der Waals surface area contributed by atoms with Crippen molar-refractivity contribution in [1.29, 1.82) is 0 Å². The first kappa shape index (κ1) is 46.1. The molecule has 0 radical (unpaired) electrons. The third-order valence-electron chi connectivity index (χ3n) is 11.2. The molecule has 1 aromatic carbocycles. The van der Waals surface area contributed by atoms with Crippen molar-refractivity contribution in [2.45, 2.75) is 137 Å². The van der Waals surface area contributed by atoms with Crippen LogP contribution in [-0.4, -0.2) is 128 Å².